The van der Waals surface area contributed by atoms with Crippen LogP contribution in [0.2, 0.25) is 0 Å². The van der Waals surface area contributed by atoms with E-state index >= 15 is 0 Å². The van der Waals surface area contributed by atoms with Crippen molar-refractivity contribution in [3.63, 3.8) is 0 Å². The number of fused-ring (bicyclic) bond motifs is 5. The Morgan fingerprint density at radius 2 is 0.605 bits per heavy atom. The molecule has 0 saturated heterocycles. The first-order valence-electron chi connectivity index (χ1n) is 27.6. The maximum absolute atomic E-state index is 5.30. The monoisotopic (exact) mass is 1040 g/mol. The van der Waals surface area contributed by atoms with Crippen molar-refractivity contribution in [1.29, 1.82) is 0 Å². The fourth-order valence-electron chi connectivity index (χ4n) is 12.5. The van der Waals surface area contributed by atoms with Crippen LogP contribution in [0.5, 0.6) is 0 Å². The molecule has 2 heterocycles. The summed E-state index contributed by atoms with van der Waals surface area (Å²) in [6.45, 7) is 0. The fourth-order valence-corrected chi connectivity index (χ4v) is 12.5. The van der Waals surface area contributed by atoms with Gasteiger partial charge in [0.25, 0.3) is 0 Å². The van der Waals surface area contributed by atoms with E-state index in [1.165, 1.54) is 33.4 Å². The zero-order valence-corrected chi connectivity index (χ0v) is 44.2. The van der Waals surface area contributed by atoms with Crippen LogP contribution in [0.3, 0.4) is 0 Å². The molecule has 0 radical (unpaired) electrons. The first-order chi connectivity index (χ1) is 40.2. The Kier molecular flexibility index (Phi) is 11.6. The predicted octanol–water partition coefficient (Wildman–Crippen LogP) is 19.0. The molecule has 0 fully saturated rings. The number of anilines is 6. The number of benzene rings is 12. The molecule has 1 aliphatic carbocycles. The lowest BCUT2D eigenvalue weighted by molar-refractivity contribution is 0.768. The highest BCUT2D eigenvalue weighted by molar-refractivity contribution is 5.93. The number of para-hydroxylation sites is 8. The zero-order chi connectivity index (χ0) is 53.7. The van der Waals surface area contributed by atoms with E-state index in [4.69, 9.17) is 9.97 Å². The summed E-state index contributed by atoms with van der Waals surface area (Å²) in [7, 11) is 0. The van der Waals surface area contributed by atoms with Gasteiger partial charge < -0.3 is 9.80 Å². The summed E-state index contributed by atoms with van der Waals surface area (Å²) in [5.41, 5.74) is 20.8. The van der Waals surface area contributed by atoms with E-state index in [0.717, 1.165) is 90.3 Å². The molecule has 15 rings (SSSR count). The summed E-state index contributed by atoms with van der Waals surface area (Å²) in [6, 6.07) is 113. The van der Waals surface area contributed by atoms with Crippen LogP contribution in [0.4, 0.5) is 34.1 Å². The Balaban J connectivity index is 0.918. The van der Waals surface area contributed by atoms with E-state index in [1.54, 1.807) is 0 Å². The molecule has 0 amide bonds. The molecule has 0 unspecified atom stereocenters. The zero-order valence-electron chi connectivity index (χ0n) is 44.2. The Hall–Kier alpha value is -10.8. The highest BCUT2D eigenvalue weighted by Crippen LogP contribution is 2.58. The van der Waals surface area contributed by atoms with Gasteiger partial charge >= 0.3 is 0 Å². The molecule has 1 aliphatic rings. The molecule has 0 spiro atoms. The van der Waals surface area contributed by atoms with Crippen LogP contribution in [0, 0.1) is 0 Å². The van der Waals surface area contributed by atoms with Crippen molar-refractivity contribution in [2.45, 2.75) is 5.41 Å². The summed E-state index contributed by atoms with van der Waals surface area (Å²) < 4.78 is 4.55. The Labute approximate surface area is 471 Å². The van der Waals surface area contributed by atoms with E-state index in [0.29, 0.717) is 0 Å². The minimum Gasteiger partial charge on any atom is -0.310 e. The lowest BCUT2D eigenvalue weighted by Gasteiger charge is -2.35. The molecule has 382 valence electrons. The van der Waals surface area contributed by atoms with Crippen LogP contribution in [0.1, 0.15) is 22.3 Å². The number of imidazole rings is 2. The number of nitrogens with zero attached hydrogens (tertiary/aromatic N) is 6. The molecule has 0 bridgehead atoms. The van der Waals surface area contributed by atoms with Crippen LogP contribution in [-0.4, -0.2) is 19.1 Å². The van der Waals surface area contributed by atoms with E-state index < -0.39 is 5.41 Å². The van der Waals surface area contributed by atoms with Gasteiger partial charge in [-0.05, 0) is 155 Å². The van der Waals surface area contributed by atoms with Crippen LogP contribution >= 0.6 is 0 Å². The maximum Gasteiger partial charge on any atom is 0.145 e. The van der Waals surface area contributed by atoms with Crippen LogP contribution in [-0.2, 0) is 5.41 Å². The lowest BCUT2D eigenvalue weighted by Crippen LogP contribution is -2.29. The van der Waals surface area contributed by atoms with Crippen molar-refractivity contribution in [3.05, 3.63) is 338 Å². The minimum atomic E-state index is -0.727. The number of rotatable bonds is 12. The lowest BCUT2D eigenvalue weighted by atomic mass is 9.67. The Bertz CT molecular complexity index is 4280. The van der Waals surface area contributed by atoms with Crippen LogP contribution in [0.15, 0.2) is 315 Å². The minimum absolute atomic E-state index is 0.727. The summed E-state index contributed by atoms with van der Waals surface area (Å²) in [5, 5.41) is 0. The van der Waals surface area contributed by atoms with Gasteiger partial charge in [0.15, 0.2) is 0 Å². The molecular formula is C75H52N6. The summed E-state index contributed by atoms with van der Waals surface area (Å²) in [5.74, 6) is 1.76. The van der Waals surface area contributed by atoms with E-state index in [-0.39, 0.29) is 0 Å². The second kappa shape index (κ2) is 19.9. The van der Waals surface area contributed by atoms with Gasteiger partial charge in [-0.2, -0.15) is 0 Å². The largest absolute Gasteiger partial charge is 0.310 e. The van der Waals surface area contributed by atoms with Gasteiger partial charge in [0.2, 0.25) is 0 Å². The molecule has 0 saturated carbocycles. The molecule has 81 heavy (non-hydrogen) atoms. The first-order valence-corrected chi connectivity index (χ1v) is 27.6. The quantitative estimate of drug-likeness (QED) is 0.122. The number of hydrogen-bond acceptors (Lipinski definition) is 4. The van der Waals surface area contributed by atoms with Crippen molar-refractivity contribution in [1.82, 2.24) is 19.1 Å². The van der Waals surface area contributed by atoms with Gasteiger partial charge in [-0.25, -0.2) is 9.97 Å². The van der Waals surface area contributed by atoms with Crippen molar-refractivity contribution < 1.29 is 0 Å². The molecule has 14 aromatic rings. The van der Waals surface area contributed by atoms with Crippen molar-refractivity contribution in [3.8, 4) is 45.3 Å². The SMILES string of the molecule is c1ccc(N(c2cccc(-c3nc4ccccc4n3-c3ccccc3)c2)c2ccc3c(c2)C(c2ccccc2)(c2ccccc2)c2cc(N(c4ccccc4)c4cccc(-c5nc6ccccc6n5-c5ccccc5)c4)ccc2-3)cc1. The summed E-state index contributed by atoms with van der Waals surface area (Å²) in [6.07, 6.45) is 0. The fraction of sp³-hybridized carbons (Fsp3) is 0.0133. The van der Waals surface area contributed by atoms with Gasteiger partial charge in [0, 0.05) is 56.6 Å². The van der Waals surface area contributed by atoms with Crippen molar-refractivity contribution >= 4 is 56.2 Å². The topological polar surface area (TPSA) is 42.1 Å². The second-order valence-corrected chi connectivity index (χ2v) is 20.6. The van der Waals surface area contributed by atoms with Crippen molar-refractivity contribution in [2.75, 3.05) is 9.80 Å². The number of aromatic nitrogens is 4. The van der Waals surface area contributed by atoms with Gasteiger partial charge in [-0.1, -0.05) is 194 Å². The molecule has 12 aromatic carbocycles. The van der Waals surface area contributed by atoms with E-state index in [2.05, 4.69) is 334 Å². The molecule has 0 atom stereocenters. The number of hydrogen-bond donors (Lipinski definition) is 0. The molecule has 2 aromatic heterocycles. The molecule has 6 nitrogen and oxygen atoms in total. The molecule has 6 heteroatoms. The van der Waals surface area contributed by atoms with Gasteiger partial charge in [-0.15, -0.1) is 0 Å². The Morgan fingerprint density at radius 1 is 0.272 bits per heavy atom. The third-order valence-corrected chi connectivity index (χ3v) is 15.9. The van der Waals surface area contributed by atoms with Crippen LogP contribution in [0.25, 0.3) is 67.3 Å². The third-order valence-electron chi connectivity index (χ3n) is 15.9. The summed E-state index contributed by atoms with van der Waals surface area (Å²) in [4.78, 5) is 15.4. The molecule has 0 aliphatic heterocycles. The molecular weight excluding hydrogens is 985 g/mol. The highest BCUT2D eigenvalue weighted by Gasteiger charge is 2.47. The predicted molar refractivity (Wildman–Crippen MR) is 333 cm³/mol. The van der Waals surface area contributed by atoms with Gasteiger partial charge in [-0.3, -0.25) is 9.13 Å². The average molecular weight is 1040 g/mol. The standard InChI is InChI=1S/C75H52N6/c1-7-27-55(28-8-1)75(56-29-9-2-10-30-56)67-51-63(78(57-31-11-3-12-32-57)61-39-23-25-53(49-61)73-76-69-41-19-21-43-71(69)80(73)59-35-15-5-16-36-59)45-47-65(67)66-48-46-64(52-68(66)75)79(58-33-13-4-14-34-58)62-40-24-26-54(50-62)74-77-70-42-20-22-44-72(70)81(74)60-37-17-6-18-38-60/h1-52H. The highest BCUT2D eigenvalue weighted by atomic mass is 15.2. The van der Waals surface area contributed by atoms with E-state index in [9.17, 15) is 0 Å². The third kappa shape index (κ3) is 8.03. The van der Waals surface area contributed by atoms with E-state index in [1.807, 2.05) is 0 Å². The smallest absolute Gasteiger partial charge is 0.145 e. The first kappa shape index (κ1) is 47.4. The summed E-state index contributed by atoms with van der Waals surface area (Å²) >= 11 is 0. The normalized spacial score (nSPS) is 12.3. The Morgan fingerprint density at radius 3 is 1.01 bits per heavy atom. The van der Waals surface area contributed by atoms with Gasteiger partial charge in [0.05, 0.1) is 27.5 Å². The maximum atomic E-state index is 5.30. The van der Waals surface area contributed by atoms with Crippen molar-refractivity contribution in [2.24, 2.45) is 0 Å². The second-order valence-electron chi connectivity index (χ2n) is 20.6. The van der Waals surface area contributed by atoms with Crippen LogP contribution < -0.4 is 9.80 Å². The molecule has 0 N–H and O–H groups in total. The average Bonchev–Trinajstić information content (AvgIpc) is 2.65. The van der Waals surface area contributed by atoms with Gasteiger partial charge in [0.1, 0.15) is 11.6 Å².